The molecule has 8 nitrogen and oxygen atoms in total. The Morgan fingerprint density at radius 3 is 2.29 bits per heavy atom. The van der Waals surface area contributed by atoms with Gasteiger partial charge in [0.25, 0.3) is 11.8 Å². The molecule has 0 spiro atoms. The Balaban J connectivity index is 1.22. The Bertz CT molecular complexity index is 1130. The number of nitrogens with zero attached hydrogens (tertiary/aromatic N) is 6. The zero-order valence-corrected chi connectivity index (χ0v) is 17.6. The summed E-state index contributed by atoms with van der Waals surface area (Å²) in [6.45, 7) is 7.46. The number of anilines is 1. The minimum absolute atomic E-state index is 0.0407. The highest BCUT2D eigenvalue weighted by atomic mass is 16.5. The van der Waals surface area contributed by atoms with E-state index in [2.05, 4.69) is 56.1 Å². The van der Waals surface area contributed by atoms with E-state index in [1.54, 1.807) is 0 Å². The van der Waals surface area contributed by atoms with Crippen LogP contribution in [0.5, 0.6) is 0 Å². The summed E-state index contributed by atoms with van der Waals surface area (Å²) in [5, 5.41) is 8.34. The molecule has 0 amide bonds. The van der Waals surface area contributed by atoms with E-state index < -0.39 is 0 Å². The summed E-state index contributed by atoms with van der Waals surface area (Å²) in [6, 6.07) is 18.0. The van der Waals surface area contributed by atoms with Crippen LogP contribution in [0.1, 0.15) is 24.4 Å². The molecule has 0 saturated carbocycles. The van der Waals surface area contributed by atoms with Gasteiger partial charge < -0.3 is 13.9 Å². The zero-order chi connectivity index (χ0) is 21.2. The van der Waals surface area contributed by atoms with Crippen LogP contribution in [-0.4, -0.2) is 51.4 Å². The van der Waals surface area contributed by atoms with Crippen LogP contribution in [0.25, 0.3) is 22.8 Å². The van der Waals surface area contributed by atoms with E-state index in [0.717, 1.165) is 37.3 Å². The van der Waals surface area contributed by atoms with Crippen LogP contribution >= 0.6 is 0 Å². The topological polar surface area (TPSA) is 84.3 Å². The van der Waals surface area contributed by atoms with Crippen LogP contribution in [0, 0.1) is 6.92 Å². The van der Waals surface area contributed by atoms with Gasteiger partial charge in [0.05, 0.1) is 6.04 Å². The molecule has 8 heteroatoms. The second kappa shape index (κ2) is 8.31. The maximum absolute atomic E-state index is 5.57. The van der Waals surface area contributed by atoms with Gasteiger partial charge >= 0.3 is 0 Å². The number of rotatable bonds is 5. The van der Waals surface area contributed by atoms with Crippen molar-refractivity contribution in [2.24, 2.45) is 0 Å². The number of hydrogen-bond acceptors (Lipinski definition) is 8. The molecule has 5 rings (SSSR count). The Kier molecular flexibility index (Phi) is 5.21. The van der Waals surface area contributed by atoms with E-state index in [9.17, 15) is 0 Å². The molecule has 2 aromatic carbocycles. The first-order valence-corrected chi connectivity index (χ1v) is 10.5. The van der Waals surface area contributed by atoms with Crippen LogP contribution in [-0.2, 0) is 0 Å². The van der Waals surface area contributed by atoms with Crippen molar-refractivity contribution < 1.29 is 9.05 Å². The summed E-state index contributed by atoms with van der Waals surface area (Å²) < 4.78 is 11.0. The van der Waals surface area contributed by atoms with Crippen molar-refractivity contribution >= 4 is 5.95 Å². The van der Waals surface area contributed by atoms with Crippen molar-refractivity contribution in [1.82, 2.24) is 25.2 Å². The minimum atomic E-state index is 0.0407. The molecule has 1 atom stereocenters. The summed E-state index contributed by atoms with van der Waals surface area (Å²) in [4.78, 5) is 13.7. The molecule has 1 aliphatic heterocycles. The normalized spacial score (nSPS) is 15.9. The smallest absolute Gasteiger partial charge is 0.266 e. The first kappa shape index (κ1) is 19.4. The van der Waals surface area contributed by atoms with Crippen molar-refractivity contribution in [3.8, 4) is 22.8 Å². The molecular formula is C23H24N6O2. The van der Waals surface area contributed by atoms with E-state index in [1.807, 2.05) is 42.5 Å². The lowest BCUT2D eigenvalue weighted by molar-refractivity contribution is 0.163. The first-order chi connectivity index (χ1) is 15.2. The van der Waals surface area contributed by atoms with Crippen molar-refractivity contribution in [3.05, 3.63) is 66.1 Å². The third-order valence-corrected chi connectivity index (χ3v) is 5.69. The van der Waals surface area contributed by atoms with E-state index in [0.29, 0.717) is 23.6 Å². The summed E-state index contributed by atoms with van der Waals surface area (Å²) in [6.07, 6.45) is 0. The SMILES string of the molecule is Cc1ccc(-c2noc(C(C)N3CCN(c4noc(-c5ccccc5)n4)CC3)n2)cc1. The van der Waals surface area contributed by atoms with Crippen LogP contribution in [0.3, 0.4) is 0 Å². The molecule has 0 radical (unpaired) electrons. The summed E-state index contributed by atoms with van der Waals surface area (Å²) in [7, 11) is 0. The van der Waals surface area contributed by atoms with E-state index in [4.69, 9.17) is 9.05 Å². The van der Waals surface area contributed by atoms with Crippen molar-refractivity contribution in [2.45, 2.75) is 19.9 Å². The molecule has 0 bridgehead atoms. The number of piperazine rings is 1. The predicted octanol–water partition coefficient (Wildman–Crippen LogP) is 3.98. The highest BCUT2D eigenvalue weighted by Crippen LogP contribution is 2.25. The minimum Gasteiger partial charge on any atom is -0.337 e. The standard InChI is InChI=1S/C23H24N6O2/c1-16-8-10-18(11-9-16)20-24-21(30-26-20)17(2)28-12-14-29(15-13-28)23-25-22(31-27-23)19-6-4-3-5-7-19/h3-11,17H,12-15H2,1-2H3. The highest BCUT2D eigenvalue weighted by Gasteiger charge is 2.27. The Hall–Kier alpha value is -3.52. The van der Waals surface area contributed by atoms with Crippen LogP contribution in [0.4, 0.5) is 5.95 Å². The summed E-state index contributed by atoms with van der Waals surface area (Å²) in [5.74, 6) is 2.43. The van der Waals surface area contributed by atoms with E-state index in [1.165, 1.54) is 5.56 Å². The lowest BCUT2D eigenvalue weighted by atomic mass is 10.1. The van der Waals surface area contributed by atoms with Crippen LogP contribution < -0.4 is 4.90 Å². The maximum Gasteiger partial charge on any atom is 0.266 e. The fourth-order valence-electron chi connectivity index (χ4n) is 3.73. The first-order valence-electron chi connectivity index (χ1n) is 10.5. The Labute approximate surface area is 180 Å². The van der Waals surface area contributed by atoms with Gasteiger partial charge in [-0.2, -0.15) is 9.97 Å². The quantitative estimate of drug-likeness (QED) is 0.483. The monoisotopic (exact) mass is 416 g/mol. The molecule has 3 heterocycles. The molecule has 1 saturated heterocycles. The van der Waals surface area contributed by atoms with Gasteiger partial charge in [-0.3, -0.25) is 4.90 Å². The lowest BCUT2D eigenvalue weighted by Crippen LogP contribution is -2.47. The number of aryl methyl sites for hydroxylation is 1. The van der Waals surface area contributed by atoms with Gasteiger partial charge in [-0.1, -0.05) is 53.2 Å². The van der Waals surface area contributed by atoms with Crippen LogP contribution in [0.15, 0.2) is 63.6 Å². The third kappa shape index (κ3) is 4.06. The molecule has 1 unspecified atom stereocenters. The van der Waals surface area contributed by atoms with Gasteiger partial charge in [0.15, 0.2) is 0 Å². The summed E-state index contributed by atoms with van der Waals surface area (Å²) >= 11 is 0. The molecular weight excluding hydrogens is 392 g/mol. The molecule has 0 N–H and O–H groups in total. The maximum atomic E-state index is 5.57. The average molecular weight is 416 g/mol. The molecule has 2 aromatic heterocycles. The second-order valence-corrected chi connectivity index (χ2v) is 7.79. The van der Waals surface area contributed by atoms with E-state index >= 15 is 0 Å². The Morgan fingerprint density at radius 2 is 1.55 bits per heavy atom. The zero-order valence-electron chi connectivity index (χ0n) is 17.6. The van der Waals surface area contributed by atoms with Gasteiger partial charge in [0.2, 0.25) is 11.7 Å². The third-order valence-electron chi connectivity index (χ3n) is 5.69. The lowest BCUT2D eigenvalue weighted by Gasteiger charge is -2.36. The van der Waals surface area contributed by atoms with Crippen molar-refractivity contribution in [1.29, 1.82) is 0 Å². The summed E-state index contributed by atoms with van der Waals surface area (Å²) in [5.41, 5.74) is 3.09. The molecule has 158 valence electrons. The van der Waals surface area contributed by atoms with Gasteiger partial charge in [-0.05, 0) is 31.1 Å². The predicted molar refractivity (Wildman–Crippen MR) is 116 cm³/mol. The van der Waals surface area contributed by atoms with E-state index in [-0.39, 0.29) is 6.04 Å². The number of hydrogen-bond donors (Lipinski definition) is 0. The highest BCUT2D eigenvalue weighted by molar-refractivity contribution is 5.55. The van der Waals surface area contributed by atoms with Gasteiger partial charge in [0, 0.05) is 37.3 Å². The molecule has 1 aliphatic rings. The van der Waals surface area contributed by atoms with Crippen LogP contribution in [0.2, 0.25) is 0 Å². The number of aromatic nitrogens is 4. The number of benzene rings is 2. The largest absolute Gasteiger partial charge is 0.337 e. The van der Waals surface area contributed by atoms with Crippen molar-refractivity contribution in [3.63, 3.8) is 0 Å². The average Bonchev–Trinajstić information content (AvgIpc) is 3.50. The second-order valence-electron chi connectivity index (χ2n) is 7.79. The van der Waals surface area contributed by atoms with Gasteiger partial charge in [-0.25, -0.2) is 0 Å². The van der Waals surface area contributed by atoms with Crippen molar-refractivity contribution in [2.75, 3.05) is 31.1 Å². The fourth-order valence-corrected chi connectivity index (χ4v) is 3.73. The molecule has 31 heavy (non-hydrogen) atoms. The molecule has 1 fully saturated rings. The van der Waals surface area contributed by atoms with Gasteiger partial charge in [-0.15, -0.1) is 0 Å². The molecule has 0 aliphatic carbocycles. The fraction of sp³-hybridized carbons (Fsp3) is 0.304. The Morgan fingerprint density at radius 1 is 0.806 bits per heavy atom. The molecule has 4 aromatic rings. The van der Waals surface area contributed by atoms with Gasteiger partial charge in [0.1, 0.15) is 0 Å².